The molecule has 1 N–H and O–H groups in total. The zero-order valence-corrected chi connectivity index (χ0v) is 20.4. The lowest BCUT2D eigenvalue weighted by Gasteiger charge is -2.26. The van der Waals surface area contributed by atoms with E-state index >= 15 is 0 Å². The van der Waals surface area contributed by atoms with Crippen molar-refractivity contribution < 1.29 is 28.6 Å². The molecular weight excluding hydrogens is 539 g/mol. The van der Waals surface area contributed by atoms with E-state index in [4.69, 9.17) is 14.2 Å². The maximum atomic E-state index is 13.1. The molecule has 0 aromatic heterocycles. The third-order valence-electron chi connectivity index (χ3n) is 4.50. The highest BCUT2D eigenvalue weighted by Crippen LogP contribution is 2.35. The maximum absolute atomic E-state index is 13.1. The van der Waals surface area contributed by atoms with Crippen LogP contribution in [0.25, 0.3) is 6.08 Å². The number of barbiturate groups is 1. The van der Waals surface area contributed by atoms with E-state index in [1.807, 2.05) is 13.8 Å². The monoisotopic (exact) mass is 562 g/mol. The number of hydrogen-bond acceptors (Lipinski definition) is 6. The first-order chi connectivity index (χ1) is 15.9. The van der Waals surface area contributed by atoms with Crippen molar-refractivity contribution in [2.45, 2.75) is 13.8 Å². The van der Waals surface area contributed by atoms with Crippen molar-refractivity contribution >= 4 is 52.2 Å². The number of anilines is 1. The molecule has 4 amide bonds. The molecule has 2 aromatic carbocycles. The van der Waals surface area contributed by atoms with Crippen LogP contribution in [0.4, 0.5) is 10.5 Å². The van der Waals surface area contributed by atoms with Gasteiger partial charge >= 0.3 is 6.03 Å². The Bertz CT molecular complexity index is 1110. The Morgan fingerprint density at radius 1 is 1.03 bits per heavy atom. The SMILES string of the molecule is C=CCOc1c(I)cc(/C=C2/C(=O)NC(=O)N(c3ccc(OCC)cc3)C2=O)cc1OCC. The Labute approximate surface area is 205 Å². The van der Waals surface area contributed by atoms with Crippen molar-refractivity contribution in [2.24, 2.45) is 0 Å². The van der Waals surface area contributed by atoms with Crippen molar-refractivity contribution in [3.05, 3.63) is 63.8 Å². The molecule has 172 valence electrons. The first-order valence-corrected chi connectivity index (χ1v) is 11.3. The van der Waals surface area contributed by atoms with Gasteiger partial charge in [0.1, 0.15) is 17.9 Å². The second kappa shape index (κ2) is 11.0. The van der Waals surface area contributed by atoms with Crippen molar-refractivity contribution in [1.29, 1.82) is 0 Å². The van der Waals surface area contributed by atoms with E-state index in [1.165, 1.54) is 6.08 Å². The van der Waals surface area contributed by atoms with Crippen molar-refractivity contribution in [3.8, 4) is 17.2 Å². The highest BCUT2D eigenvalue weighted by atomic mass is 127. The lowest BCUT2D eigenvalue weighted by atomic mass is 10.1. The predicted molar refractivity (Wildman–Crippen MR) is 133 cm³/mol. The number of carbonyl (C=O) groups is 3. The molecule has 0 spiro atoms. The van der Waals surface area contributed by atoms with Crippen molar-refractivity contribution in [2.75, 3.05) is 24.7 Å². The number of benzene rings is 2. The molecule has 9 heteroatoms. The van der Waals surface area contributed by atoms with E-state index < -0.39 is 17.8 Å². The van der Waals surface area contributed by atoms with Crippen molar-refractivity contribution in [1.82, 2.24) is 5.32 Å². The fourth-order valence-electron chi connectivity index (χ4n) is 3.13. The molecule has 33 heavy (non-hydrogen) atoms. The van der Waals surface area contributed by atoms with Crippen LogP contribution in [0.15, 0.2) is 54.6 Å². The van der Waals surface area contributed by atoms with Gasteiger partial charge in [-0.15, -0.1) is 0 Å². The van der Waals surface area contributed by atoms with E-state index in [2.05, 4.69) is 34.5 Å². The topological polar surface area (TPSA) is 94.2 Å². The lowest BCUT2D eigenvalue weighted by molar-refractivity contribution is -0.122. The largest absolute Gasteiger partial charge is 0.494 e. The normalized spacial score (nSPS) is 14.8. The van der Waals surface area contributed by atoms with E-state index in [0.717, 1.165) is 8.47 Å². The van der Waals surface area contributed by atoms with E-state index in [9.17, 15) is 14.4 Å². The molecule has 3 rings (SSSR count). The van der Waals surface area contributed by atoms with E-state index in [0.29, 0.717) is 48.3 Å². The molecule has 0 radical (unpaired) electrons. The number of amides is 4. The summed E-state index contributed by atoms with van der Waals surface area (Å²) in [5, 5.41) is 2.22. The summed E-state index contributed by atoms with van der Waals surface area (Å²) in [6.45, 7) is 8.54. The molecule has 0 aliphatic carbocycles. The molecule has 0 bridgehead atoms. The summed E-state index contributed by atoms with van der Waals surface area (Å²) in [5.74, 6) is 0.126. The van der Waals surface area contributed by atoms with E-state index in [1.54, 1.807) is 42.5 Å². The Balaban J connectivity index is 1.98. The standard InChI is InChI=1S/C24H23IN2O6/c1-4-11-33-21-19(25)13-15(14-20(21)32-6-3)12-18-22(28)26-24(30)27(23(18)29)16-7-9-17(10-8-16)31-5-2/h4,7-10,12-14H,1,5-6,11H2,2-3H3,(H,26,28,30)/b18-12-. The van der Waals surface area contributed by atoms with Gasteiger partial charge in [0.2, 0.25) is 0 Å². The fraction of sp³-hybridized carbons (Fsp3) is 0.208. The summed E-state index contributed by atoms with van der Waals surface area (Å²) in [6.07, 6.45) is 3.05. The summed E-state index contributed by atoms with van der Waals surface area (Å²) >= 11 is 2.09. The van der Waals surface area contributed by atoms with Gasteiger partial charge in [0, 0.05) is 0 Å². The number of imide groups is 2. The first kappa shape index (κ1) is 24.3. The number of nitrogens with one attached hydrogen (secondary N) is 1. The fourth-order valence-corrected chi connectivity index (χ4v) is 3.91. The van der Waals surface area contributed by atoms with Gasteiger partial charge < -0.3 is 14.2 Å². The first-order valence-electron chi connectivity index (χ1n) is 10.2. The molecule has 1 fully saturated rings. The summed E-state index contributed by atoms with van der Waals surface area (Å²) in [7, 11) is 0. The Morgan fingerprint density at radius 3 is 2.36 bits per heavy atom. The molecule has 0 unspecified atom stereocenters. The summed E-state index contributed by atoms with van der Waals surface area (Å²) in [4.78, 5) is 39.0. The summed E-state index contributed by atoms with van der Waals surface area (Å²) in [6, 6.07) is 9.08. The summed E-state index contributed by atoms with van der Waals surface area (Å²) in [5.41, 5.74) is 0.687. The third-order valence-corrected chi connectivity index (χ3v) is 5.30. The van der Waals surface area contributed by atoms with Crippen LogP contribution in [0, 0.1) is 3.57 Å². The van der Waals surface area contributed by atoms with Gasteiger partial charge in [-0.05, 0) is 84.5 Å². The van der Waals surface area contributed by atoms with Crippen molar-refractivity contribution in [3.63, 3.8) is 0 Å². The molecule has 0 saturated carbocycles. The van der Waals surface area contributed by atoms with Gasteiger partial charge in [-0.1, -0.05) is 12.7 Å². The van der Waals surface area contributed by atoms with Crippen LogP contribution in [0.2, 0.25) is 0 Å². The molecule has 1 aliphatic heterocycles. The average molecular weight is 562 g/mol. The highest BCUT2D eigenvalue weighted by Gasteiger charge is 2.36. The van der Waals surface area contributed by atoms with Gasteiger partial charge in [0.05, 0.1) is 22.5 Å². The number of hydrogen-bond donors (Lipinski definition) is 1. The van der Waals surface area contributed by atoms with Crippen LogP contribution < -0.4 is 24.4 Å². The molecular formula is C24H23IN2O6. The van der Waals surface area contributed by atoms with Crippen LogP contribution in [-0.4, -0.2) is 37.7 Å². The van der Waals surface area contributed by atoms with Crippen LogP contribution in [0.1, 0.15) is 19.4 Å². The van der Waals surface area contributed by atoms with Crippen LogP contribution >= 0.6 is 22.6 Å². The lowest BCUT2D eigenvalue weighted by Crippen LogP contribution is -2.54. The maximum Gasteiger partial charge on any atom is 0.335 e. The molecule has 1 saturated heterocycles. The minimum atomic E-state index is -0.816. The minimum absolute atomic E-state index is 0.179. The zero-order chi connectivity index (χ0) is 24.0. The average Bonchev–Trinajstić information content (AvgIpc) is 2.77. The molecule has 0 atom stereocenters. The number of nitrogens with zero attached hydrogens (tertiary/aromatic N) is 1. The van der Waals surface area contributed by atoms with Gasteiger partial charge in [-0.2, -0.15) is 0 Å². The van der Waals surface area contributed by atoms with E-state index in [-0.39, 0.29) is 5.57 Å². The van der Waals surface area contributed by atoms with Gasteiger partial charge in [-0.25, -0.2) is 9.69 Å². The second-order valence-corrected chi connectivity index (χ2v) is 7.91. The minimum Gasteiger partial charge on any atom is -0.494 e. The Hall–Kier alpha value is -3.34. The van der Waals surface area contributed by atoms with Gasteiger partial charge in [-0.3, -0.25) is 14.9 Å². The van der Waals surface area contributed by atoms with Gasteiger partial charge in [0.25, 0.3) is 11.8 Å². The van der Waals surface area contributed by atoms with Crippen LogP contribution in [0.3, 0.4) is 0 Å². The van der Waals surface area contributed by atoms with Crippen LogP contribution in [-0.2, 0) is 9.59 Å². The summed E-state index contributed by atoms with van der Waals surface area (Å²) < 4.78 is 17.5. The zero-order valence-electron chi connectivity index (χ0n) is 18.2. The van der Waals surface area contributed by atoms with Crippen LogP contribution in [0.5, 0.6) is 17.2 Å². The van der Waals surface area contributed by atoms with Gasteiger partial charge in [0.15, 0.2) is 11.5 Å². The third kappa shape index (κ3) is 5.54. The number of urea groups is 1. The molecule has 2 aromatic rings. The molecule has 1 heterocycles. The molecule has 8 nitrogen and oxygen atoms in total. The number of rotatable bonds is 9. The second-order valence-electron chi connectivity index (χ2n) is 6.75. The quantitative estimate of drug-likeness (QED) is 0.212. The predicted octanol–water partition coefficient (Wildman–Crippen LogP) is 4.32. The smallest absolute Gasteiger partial charge is 0.335 e. The number of ether oxygens (including phenoxy) is 3. The highest BCUT2D eigenvalue weighted by molar-refractivity contribution is 14.1. The Morgan fingerprint density at radius 2 is 1.73 bits per heavy atom. The molecule has 1 aliphatic rings. The number of carbonyl (C=O) groups excluding carboxylic acids is 3. The Kier molecular flexibility index (Phi) is 8.10. The number of halogens is 1.